The van der Waals surface area contributed by atoms with Gasteiger partial charge < -0.3 is 10.5 Å². The van der Waals surface area contributed by atoms with E-state index in [-0.39, 0.29) is 5.54 Å². The van der Waals surface area contributed by atoms with Crippen LogP contribution in [0.3, 0.4) is 0 Å². The number of aryl methyl sites for hydroxylation is 1. The maximum absolute atomic E-state index is 6.11. The summed E-state index contributed by atoms with van der Waals surface area (Å²) < 4.78 is 5.31. The van der Waals surface area contributed by atoms with E-state index in [1.807, 2.05) is 0 Å². The van der Waals surface area contributed by atoms with Crippen LogP contribution in [0.25, 0.3) is 0 Å². The molecule has 88 valence electrons. The number of ether oxygens (including phenoxy) is 1. The molecule has 0 radical (unpaired) electrons. The van der Waals surface area contributed by atoms with E-state index in [0.717, 1.165) is 18.6 Å². The third-order valence-electron chi connectivity index (χ3n) is 3.85. The largest absolute Gasteiger partial charge is 0.496 e. The van der Waals surface area contributed by atoms with Gasteiger partial charge in [-0.3, -0.25) is 0 Å². The van der Waals surface area contributed by atoms with Crippen LogP contribution in [-0.2, 0) is 6.42 Å². The molecule has 0 unspecified atom stereocenters. The molecule has 0 saturated heterocycles. The summed E-state index contributed by atoms with van der Waals surface area (Å²) in [7, 11) is 1.72. The van der Waals surface area contributed by atoms with E-state index in [0.29, 0.717) is 0 Å². The van der Waals surface area contributed by atoms with Gasteiger partial charge in [-0.15, -0.1) is 0 Å². The SMILES string of the molecule is COc1ccc(CCC2(N)CC2)c(C)c1C. The molecular formula is C14H21NO. The van der Waals surface area contributed by atoms with E-state index in [1.165, 1.54) is 29.5 Å². The van der Waals surface area contributed by atoms with E-state index >= 15 is 0 Å². The van der Waals surface area contributed by atoms with Gasteiger partial charge in [-0.1, -0.05) is 6.07 Å². The highest BCUT2D eigenvalue weighted by Gasteiger charge is 2.37. The summed E-state index contributed by atoms with van der Waals surface area (Å²) >= 11 is 0. The number of benzene rings is 1. The molecule has 0 bridgehead atoms. The van der Waals surface area contributed by atoms with Crippen LogP contribution in [0, 0.1) is 13.8 Å². The monoisotopic (exact) mass is 219 g/mol. The van der Waals surface area contributed by atoms with Gasteiger partial charge in [-0.25, -0.2) is 0 Å². The van der Waals surface area contributed by atoms with Crippen LogP contribution >= 0.6 is 0 Å². The van der Waals surface area contributed by atoms with Gasteiger partial charge in [-0.05, 0) is 62.3 Å². The van der Waals surface area contributed by atoms with Crippen molar-refractivity contribution in [1.82, 2.24) is 0 Å². The van der Waals surface area contributed by atoms with E-state index < -0.39 is 0 Å². The van der Waals surface area contributed by atoms with Crippen molar-refractivity contribution in [3.63, 3.8) is 0 Å². The van der Waals surface area contributed by atoms with Crippen molar-refractivity contribution in [1.29, 1.82) is 0 Å². The highest BCUT2D eigenvalue weighted by Crippen LogP contribution is 2.37. The Morgan fingerprint density at radius 3 is 2.50 bits per heavy atom. The number of nitrogens with two attached hydrogens (primary N) is 1. The molecule has 1 fully saturated rings. The van der Waals surface area contributed by atoms with Crippen molar-refractivity contribution in [2.45, 2.75) is 45.1 Å². The summed E-state index contributed by atoms with van der Waals surface area (Å²) in [5.74, 6) is 0.982. The molecule has 1 saturated carbocycles. The second kappa shape index (κ2) is 4.10. The maximum atomic E-state index is 6.11. The molecule has 1 aromatic carbocycles. The Hall–Kier alpha value is -1.02. The molecule has 0 spiro atoms. The van der Waals surface area contributed by atoms with Gasteiger partial charge in [0.05, 0.1) is 7.11 Å². The van der Waals surface area contributed by atoms with Gasteiger partial charge in [0, 0.05) is 5.54 Å². The molecule has 0 aromatic heterocycles. The zero-order valence-electron chi connectivity index (χ0n) is 10.5. The summed E-state index contributed by atoms with van der Waals surface area (Å²) in [6.45, 7) is 4.29. The Labute approximate surface area is 97.8 Å². The topological polar surface area (TPSA) is 35.2 Å². The summed E-state index contributed by atoms with van der Waals surface area (Å²) in [5, 5.41) is 0. The number of methoxy groups -OCH3 is 1. The third-order valence-corrected chi connectivity index (χ3v) is 3.85. The molecule has 2 nitrogen and oxygen atoms in total. The van der Waals surface area contributed by atoms with Gasteiger partial charge >= 0.3 is 0 Å². The minimum atomic E-state index is 0.153. The minimum absolute atomic E-state index is 0.153. The first-order valence-electron chi connectivity index (χ1n) is 5.98. The average Bonchev–Trinajstić information content (AvgIpc) is 2.99. The molecule has 0 amide bonds. The van der Waals surface area contributed by atoms with Crippen molar-refractivity contribution >= 4 is 0 Å². The Morgan fingerprint density at radius 2 is 1.94 bits per heavy atom. The smallest absolute Gasteiger partial charge is 0.122 e. The van der Waals surface area contributed by atoms with Gasteiger partial charge in [0.25, 0.3) is 0 Å². The molecule has 1 aliphatic carbocycles. The van der Waals surface area contributed by atoms with E-state index in [4.69, 9.17) is 10.5 Å². The Morgan fingerprint density at radius 1 is 1.25 bits per heavy atom. The second-order valence-corrected chi connectivity index (χ2v) is 5.04. The van der Waals surface area contributed by atoms with Crippen LogP contribution in [0.2, 0.25) is 0 Å². The Bertz CT molecular complexity index is 394. The fourth-order valence-corrected chi connectivity index (χ4v) is 2.14. The zero-order valence-corrected chi connectivity index (χ0v) is 10.5. The molecule has 0 atom stereocenters. The highest BCUT2D eigenvalue weighted by atomic mass is 16.5. The van der Waals surface area contributed by atoms with Crippen LogP contribution in [0.15, 0.2) is 12.1 Å². The molecule has 0 aliphatic heterocycles. The number of hydrogen-bond acceptors (Lipinski definition) is 2. The Kier molecular flexibility index (Phi) is 2.94. The molecule has 0 heterocycles. The van der Waals surface area contributed by atoms with E-state index in [1.54, 1.807) is 7.11 Å². The van der Waals surface area contributed by atoms with Crippen LogP contribution in [0.1, 0.15) is 36.0 Å². The van der Waals surface area contributed by atoms with Gasteiger partial charge in [-0.2, -0.15) is 0 Å². The van der Waals surface area contributed by atoms with Crippen molar-refractivity contribution in [3.05, 3.63) is 28.8 Å². The lowest BCUT2D eigenvalue weighted by atomic mass is 9.96. The average molecular weight is 219 g/mol. The minimum Gasteiger partial charge on any atom is -0.496 e. The Balaban J connectivity index is 2.12. The van der Waals surface area contributed by atoms with Crippen molar-refractivity contribution < 1.29 is 4.74 Å². The summed E-state index contributed by atoms with van der Waals surface area (Å²) in [6, 6.07) is 4.24. The predicted octanol–water partition coefficient (Wildman–Crippen LogP) is 2.74. The van der Waals surface area contributed by atoms with Crippen molar-refractivity contribution in [3.8, 4) is 5.75 Å². The van der Waals surface area contributed by atoms with Crippen LogP contribution in [0.4, 0.5) is 0 Å². The quantitative estimate of drug-likeness (QED) is 0.845. The molecule has 16 heavy (non-hydrogen) atoms. The second-order valence-electron chi connectivity index (χ2n) is 5.04. The maximum Gasteiger partial charge on any atom is 0.122 e. The lowest BCUT2D eigenvalue weighted by Crippen LogP contribution is -2.22. The molecule has 2 N–H and O–H groups in total. The molecule has 2 heteroatoms. The fourth-order valence-electron chi connectivity index (χ4n) is 2.14. The van der Waals surface area contributed by atoms with E-state index in [9.17, 15) is 0 Å². The first-order valence-corrected chi connectivity index (χ1v) is 5.98. The van der Waals surface area contributed by atoms with Gasteiger partial charge in [0.2, 0.25) is 0 Å². The third kappa shape index (κ3) is 2.22. The normalized spacial score (nSPS) is 17.2. The first-order chi connectivity index (χ1) is 7.56. The zero-order chi connectivity index (χ0) is 11.8. The summed E-state index contributed by atoms with van der Waals surface area (Å²) in [4.78, 5) is 0. The van der Waals surface area contributed by atoms with Crippen molar-refractivity contribution in [2.24, 2.45) is 5.73 Å². The van der Waals surface area contributed by atoms with Crippen LogP contribution in [-0.4, -0.2) is 12.6 Å². The molecule has 2 rings (SSSR count). The fraction of sp³-hybridized carbons (Fsp3) is 0.571. The van der Waals surface area contributed by atoms with Crippen LogP contribution < -0.4 is 10.5 Å². The highest BCUT2D eigenvalue weighted by molar-refractivity contribution is 5.43. The van der Waals surface area contributed by atoms with E-state index in [2.05, 4.69) is 26.0 Å². The van der Waals surface area contributed by atoms with Crippen LogP contribution in [0.5, 0.6) is 5.75 Å². The molecule has 1 aliphatic rings. The standard InChI is InChI=1S/C14H21NO/c1-10-11(2)13(16-3)5-4-12(10)6-7-14(15)8-9-14/h4-5H,6-9,15H2,1-3H3. The number of rotatable bonds is 4. The summed E-state index contributed by atoms with van der Waals surface area (Å²) in [5.41, 5.74) is 10.3. The number of hydrogen-bond donors (Lipinski definition) is 1. The molecular weight excluding hydrogens is 198 g/mol. The van der Waals surface area contributed by atoms with Gasteiger partial charge in [0.1, 0.15) is 5.75 Å². The lowest BCUT2D eigenvalue weighted by Gasteiger charge is -2.14. The predicted molar refractivity (Wildman–Crippen MR) is 66.9 cm³/mol. The van der Waals surface area contributed by atoms with Crippen molar-refractivity contribution in [2.75, 3.05) is 7.11 Å². The first kappa shape index (κ1) is 11.5. The van der Waals surface area contributed by atoms with Gasteiger partial charge in [0.15, 0.2) is 0 Å². The lowest BCUT2D eigenvalue weighted by molar-refractivity contribution is 0.411. The molecule has 1 aromatic rings. The summed E-state index contributed by atoms with van der Waals surface area (Å²) in [6.07, 6.45) is 4.59.